The summed E-state index contributed by atoms with van der Waals surface area (Å²) < 4.78 is 23.0. The van der Waals surface area contributed by atoms with Crippen molar-refractivity contribution in [3.63, 3.8) is 0 Å². The fraction of sp³-hybridized carbons (Fsp3) is 0.900. The fourth-order valence-electron chi connectivity index (χ4n) is 1.71. The van der Waals surface area contributed by atoms with E-state index in [-0.39, 0.29) is 5.25 Å². The van der Waals surface area contributed by atoms with E-state index >= 15 is 0 Å². The lowest BCUT2D eigenvalue weighted by Gasteiger charge is -2.07. The van der Waals surface area contributed by atoms with Gasteiger partial charge in [0.05, 0.1) is 17.5 Å². The van der Waals surface area contributed by atoms with E-state index in [1.165, 1.54) is 0 Å². The third-order valence-electron chi connectivity index (χ3n) is 2.76. The Labute approximate surface area is 97.4 Å². The molecule has 1 saturated heterocycles. The molecule has 0 amide bonds. The lowest BCUT2D eigenvalue weighted by atomic mass is 10.2. The standard InChI is InChI=1S/C10H21N3O2S/c1-2-3-6-12-10(11)13-8-9-5-4-7-16(9,14)15/h9H,2-8H2,1H3,(H3,11,12,13). The van der Waals surface area contributed by atoms with Crippen LogP contribution in [0.4, 0.5) is 0 Å². The van der Waals surface area contributed by atoms with Crippen LogP contribution in [0.15, 0.2) is 4.99 Å². The first-order chi connectivity index (χ1) is 7.56. The van der Waals surface area contributed by atoms with Gasteiger partial charge in [-0.3, -0.25) is 4.99 Å². The number of aliphatic imine (C=N–C) groups is 1. The third-order valence-corrected chi connectivity index (χ3v) is 5.02. The molecule has 0 aromatic carbocycles. The molecular weight excluding hydrogens is 226 g/mol. The Morgan fingerprint density at radius 3 is 2.88 bits per heavy atom. The molecule has 0 aromatic heterocycles. The molecule has 6 heteroatoms. The van der Waals surface area contributed by atoms with E-state index in [4.69, 9.17) is 5.73 Å². The molecule has 0 radical (unpaired) electrons. The number of hydrogen-bond donors (Lipinski definition) is 2. The Morgan fingerprint density at radius 2 is 2.31 bits per heavy atom. The second-order valence-electron chi connectivity index (χ2n) is 4.14. The van der Waals surface area contributed by atoms with Crippen LogP contribution in [0.3, 0.4) is 0 Å². The molecule has 5 nitrogen and oxygen atoms in total. The highest BCUT2D eigenvalue weighted by atomic mass is 32.2. The maximum Gasteiger partial charge on any atom is 0.188 e. The Morgan fingerprint density at radius 1 is 1.56 bits per heavy atom. The van der Waals surface area contributed by atoms with Gasteiger partial charge in [0.1, 0.15) is 0 Å². The van der Waals surface area contributed by atoms with Crippen molar-refractivity contribution in [1.29, 1.82) is 0 Å². The molecule has 94 valence electrons. The second-order valence-corrected chi connectivity index (χ2v) is 6.54. The fourth-order valence-corrected chi connectivity index (χ4v) is 3.44. The highest BCUT2D eigenvalue weighted by Crippen LogP contribution is 2.19. The SMILES string of the molecule is CCCCNC(N)=NCC1CCCS1(=O)=O. The number of hydrogen-bond acceptors (Lipinski definition) is 3. The van der Waals surface area contributed by atoms with Crippen molar-refractivity contribution >= 4 is 15.8 Å². The second kappa shape index (κ2) is 6.08. The molecular formula is C10H21N3O2S. The first kappa shape index (κ1) is 13.3. The summed E-state index contributed by atoms with van der Waals surface area (Å²) in [6.07, 6.45) is 3.61. The van der Waals surface area contributed by atoms with Crippen LogP contribution in [-0.2, 0) is 9.84 Å². The predicted molar refractivity (Wildman–Crippen MR) is 66.2 cm³/mol. The lowest BCUT2D eigenvalue weighted by Crippen LogP contribution is -2.33. The molecule has 1 rings (SSSR count). The molecule has 0 aromatic rings. The van der Waals surface area contributed by atoms with Gasteiger partial charge in [-0.05, 0) is 19.3 Å². The molecule has 0 saturated carbocycles. The summed E-state index contributed by atoms with van der Waals surface area (Å²) in [6.45, 7) is 3.19. The minimum Gasteiger partial charge on any atom is -0.370 e. The predicted octanol–water partition coefficient (Wildman–Crippen LogP) is 0.268. The minimum absolute atomic E-state index is 0.299. The maximum absolute atomic E-state index is 11.5. The van der Waals surface area contributed by atoms with Gasteiger partial charge in [-0.25, -0.2) is 8.42 Å². The summed E-state index contributed by atoms with van der Waals surface area (Å²) >= 11 is 0. The van der Waals surface area contributed by atoms with Gasteiger partial charge >= 0.3 is 0 Å². The molecule has 1 heterocycles. The molecule has 1 atom stereocenters. The molecule has 1 aliphatic heterocycles. The monoisotopic (exact) mass is 247 g/mol. The van der Waals surface area contributed by atoms with E-state index < -0.39 is 9.84 Å². The Kier molecular flexibility index (Phi) is 5.05. The number of nitrogens with zero attached hydrogens (tertiary/aromatic N) is 1. The van der Waals surface area contributed by atoms with Crippen LogP contribution in [0.25, 0.3) is 0 Å². The third kappa shape index (κ3) is 4.00. The number of sulfone groups is 1. The molecule has 0 spiro atoms. The summed E-state index contributed by atoms with van der Waals surface area (Å²) in [7, 11) is -2.90. The number of nitrogens with two attached hydrogens (primary N) is 1. The zero-order valence-corrected chi connectivity index (χ0v) is 10.6. The van der Waals surface area contributed by atoms with Crippen LogP contribution in [0, 0.1) is 0 Å². The number of rotatable bonds is 5. The zero-order valence-electron chi connectivity index (χ0n) is 9.78. The summed E-state index contributed by atoms with van der Waals surface area (Å²) in [4.78, 5) is 4.08. The van der Waals surface area contributed by atoms with Gasteiger partial charge in [0.15, 0.2) is 15.8 Å². The van der Waals surface area contributed by atoms with Gasteiger partial charge in [0, 0.05) is 6.54 Å². The van der Waals surface area contributed by atoms with Crippen LogP contribution in [0.2, 0.25) is 0 Å². The smallest absolute Gasteiger partial charge is 0.188 e. The summed E-state index contributed by atoms with van der Waals surface area (Å²) in [5.41, 5.74) is 5.63. The lowest BCUT2D eigenvalue weighted by molar-refractivity contribution is 0.590. The van der Waals surface area contributed by atoms with E-state index in [0.29, 0.717) is 24.7 Å². The van der Waals surface area contributed by atoms with E-state index in [9.17, 15) is 8.42 Å². The molecule has 0 bridgehead atoms. The van der Waals surface area contributed by atoms with Gasteiger partial charge in [0.2, 0.25) is 0 Å². The Balaban J connectivity index is 2.35. The van der Waals surface area contributed by atoms with Gasteiger partial charge in [-0.15, -0.1) is 0 Å². The first-order valence-corrected chi connectivity index (χ1v) is 7.53. The minimum atomic E-state index is -2.90. The largest absolute Gasteiger partial charge is 0.370 e. The summed E-state index contributed by atoms with van der Waals surface area (Å²) in [5, 5.41) is 2.65. The highest BCUT2D eigenvalue weighted by Gasteiger charge is 2.30. The number of unbranched alkanes of at least 4 members (excludes halogenated alkanes) is 1. The van der Waals surface area contributed by atoms with E-state index in [2.05, 4.69) is 17.2 Å². The van der Waals surface area contributed by atoms with Crippen molar-refractivity contribution in [1.82, 2.24) is 5.32 Å². The topological polar surface area (TPSA) is 84.5 Å². The molecule has 1 fully saturated rings. The first-order valence-electron chi connectivity index (χ1n) is 5.81. The molecule has 3 N–H and O–H groups in total. The van der Waals surface area contributed by atoms with Crippen LogP contribution in [-0.4, -0.2) is 38.5 Å². The van der Waals surface area contributed by atoms with E-state index in [1.807, 2.05) is 0 Å². The van der Waals surface area contributed by atoms with E-state index in [1.54, 1.807) is 0 Å². The van der Waals surface area contributed by atoms with Gasteiger partial charge in [0.25, 0.3) is 0 Å². The zero-order chi connectivity index (χ0) is 12.0. The Hall–Kier alpha value is -0.780. The quantitative estimate of drug-likeness (QED) is 0.415. The highest BCUT2D eigenvalue weighted by molar-refractivity contribution is 7.92. The number of nitrogens with one attached hydrogen (secondary N) is 1. The molecule has 1 unspecified atom stereocenters. The normalized spacial score (nSPS) is 24.6. The molecule has 1 aliphatic rings. The maximum atomic E-state index is 11.5. The van der Waals surface area contributed by atoms with Crippen molar-refractivity contribution in [3.05, 3.63) is 0 Å². The number of guanidine groups is 1. The van der Waals surface area contributed by atoms with Gasteiger partial charge < -0.3 is 11.1 Å². The average molecular weight is 247 g/mol. The van der Waals surface area contributed by atoms with Crippen LogP contribution in [0.5, 0.6) is 0 Å². The summed E-state index contributed by atoms with van der Waals surface area (Å²) in [6, 6.07) is 0. The Bertz CT molecular complexity index is 338. The van der Waals surface area contributed by atoms with Crippen molar-refractivity contribution in [2.75, 3.05) is 18.8 Å². The van der Waals surface area contributed by atoms with Crippen LogP contribution < -0.4 is 11.1 Å². The average Bonchev–Trinajstić information content (AvgIpc) is 2.55. The van der Waals surface area contributed by atoms with Crippen molar-refractivity contribution in [2.45, 2.75) is 37.9 Å². The molecule has 16 heavy (non-hydrogen) atoms. The summed E-state index contributed by atoms with van der Waals surface area (Å²) in [5.74, 6) is 0.659. The van der Waals surface area contributed by atoms with Crippen LogP contribution in [0.1, 0.15) is 32.6 Å². The molecule has 0 aliphatic carbocycles. The van der Waals surface area contributed by atoms with E-state index in [0.717, 1.165) is 25.8 Å². The van der Waals surface area contributed by atoms with Crippen molar-refractivity contribution in [2.24, 2.45) is 10.7 Å². The van der Waals surface area contributed by atoms with Crippen molar-refractivity contribution < 1.29 is 8.42 Å². The van der Waals surface area contributed by atoms with Gasteiger partial charge in [-0.1, -0.05) is 13.3 Å². The van der Waals surface area contributed by atoms with Crippen molar-refractivity contribution in [3.8, 4) is 0 Å². The van der Waals surface area contributed by atoms with Gasteiger partial charge in [-0.2, -0.15) is 0 Å². The van der Waals surface area contributed by atoms with Crippen LogP contribution >= 0.6 is 0 Å².